The Balaban J connectivity index is 1.96. The summed E-state index contributed by atoms with van der Waals surface area (Å²) in [5, 5.41) is 0. The van der Waals surface area contributed by atoms with Gasteiger partial charge in [-0.25, -0.2) is 9.59 Å². The summed E-state index contributed by atoms with van der Waals surface area (Å²) in [5.41, 5.74) is 0.706. The standard InChI is InChI=1S/C22H22O7/c1-4-11-28-20(24)15-14-10-9-12-7-5-6-8-13(12)22(14)17(21(25)27-3)16(18(15)29-22)19(23)26-2/h4-8,14-15,18H,1,9-11H2,2-3H3. The van der Waals surface area contributed by atoms with Gasteiger partial charge in [0, 0.05) is 5.92 Å². The molecule has 1 saturated heterocycles. The zero-order valence-electron chi connectivity index (χ0n) is 16.3. The van der Waals surface area contributed by atoms with Crippen LogP contribution in [0.5, 0.6) is 0 Å². The smallest absolute Gasteiger partial charge is 0.337 e. The molecule has 152 valence electrons. The molecular weight excluding hydrogens is 376 g/mol. The van der Waals surface area contributed by atoms with E-state index in [1.54, 1.807) is 0 Å². The summed E-state index contributed by atoms with van der Waals surface area (Å²) < 4.78 is 21.6. The van der Waals surface area contributed by atoms with Gasteiger partial charge in [0.2, 0.25) is 0 Å². The number of rotatable bonds is 5. The lowest BCUT2D eigenvalue weighted by Gasteiger charge is -2.41. The number of methoxy groups -OCH3 is 2. The monoisotopic (exact) mass is 398 g/mol. The van der Waals surface area contributed by atoms with E-state index >= 15 is 0 Å². The normalized spacial score (nSPS) is 29.0. The van der Waals surface area contributed by atoms with Crippen LogP contribution < -0.4 is 0 Å². The van der Waals surface area contributed by atoms with E-state index in [0.717, 1.165) is 17.5 Å². The highest BCUT2D eigenvalue weighted by Gasteiger charge is 2.70. The van der Waals surface area contributed by atoms with Gasteiger partial charge in [0.25, 0.3) is 0 Å². The molecule has 0 aromatic heterocycles. The van der Waals surface area contributed by atoms with Gasteiger partial charge in [0.05, 0.1) is 31.3 Å². The Morgan fingerprint density at radius 3 is 2.62 bits per heavy atom. The Morgan fingerprint density at radius 2 is 1.93 bits per heavy atom. The summed E-state index contributed by atoms with van der Waals surface area (Å²) in [5.74, 6) is -2.94. The van der Waals surface area contributed by atoms with Crippen LogP contribution in [0.3, 0.4) is 0 Å². The van der Waals surface area contributed by atoms with Crippen molar-refractivity contribution in [2.45, 2.75) is 24.5 Å². The number of aryl methyl sites for hydroxylation is 1. The highest BCUT2D eigenvalue weighted by atomic mass is 16.6. The van der Waals surface area contributed by atoms with Crippen LogP contribution in [0.25, 0.3) is 0 Å². The minimum Gasteiger partial charge on any atom is -0.466 e. The molecule has 1 aliphatic carbocycles. The molecule has 1 aromatic carbocycles. The maximum absolute atomic E-state index is 12.9. The molecule has 0 N–H and O–H groups in total. The first kappa shape index (κ1) is 19.4. The maximum atomic E-state index is 12.9. The first-order chi connectivity index (χ1) is 14.0. The summed E-state index contributed by atoms with van der Waals surface area (Å²) in [6.45, 7) is 3.62. The molecule has 0 saturated carbocycles. The summed E-state index contributed by atoms with van der Waals surface area (Å²) in [4.78, 5) is 38.4. The van der Waals surface area contributed by atoms with Crippen LogP contribution in [0.1, 0.15) is 17.5 Å². The molecule has 7 heteroatoms. The van der Waals surface area contributed by atoms with E-state index in [1.807, 2.05) is 24.3 Å². The van der Waals surface area contributed by atoms with Crippen LogP contribution in [-0.4, -0.2) is 44.8 Å². The van der Waals surface area contributed by atoms with Crippen molar-refractivity contribution in [2.24, 2.45) is 11.8 Å². The number of ether oxygens (including phenoxy) is 4. The second kappa shape index (κ2) is 7.15. The van der Waals surface area contributed by atoms with E-state index in [0.29, 0.717) is 6.42 Å². The molecule has 0 radical (unpaired) electrons. The van der Waals surface area contributed by atoms with E-state index < -0.39 is 35.5 Å². The van der Waals surface area contributed by atoms with E-state index in [4.69, 9.17) is 18.9 Å². The van der Waals surface area contributed by atoms with Crippen LogP contribution >= 0.6 is 0 Å². The van der Waals surface area contributed by atoms with Crippen molar-refractivity contribution in [3.05, 3.63) is 59.2 Å². The molecule has 29 heavy (non-hydrogen) atoms. The third-order valence-electron chi connectivity index (χ3n) is 6.07. The molecular formula is C22H22O7. The van der Waals surface area contributed by atoms with Crippen molar-refractivity contribution < 1.29 is 33.3 Å². The van der Waals surface area contributed by atoms with Gasteiger partial charge in [0.1, 0.15) is 18.3 Å². The van der Waals surface area contributed by atoms with Gasteiger partial charge in [-0.15, -0.1) is 0 Å². The van der Waals surface area contributed by atoms with Gasteiger partial charge in [0.15, 0.2) is 0 Å². The summed E-state index contributed by atoms with van der Waals surface area (Å²) >= 11 is 0. The van der Waals surface area contributed by atoms with Crippen LogP contribution in [0, 0.1) is 11.8 Å². The SMILES string of the molecule is C=CCOC(=O)C1C2OC3(C(C(=O)OC)=C2C(=O)OC)c2ccccc2CCC13. The average molecular weight is 398 g/mol. The fourth-order valence-corrected chi connectivity index (χ4v) is 5.06. The Morgan fingerprint density at radius 1 is 1.21 bits per heavy atom. The van der Waals surface area contributed by atoms with Gasteiger partial charge in [-0.3, -0.25) is 4.79 Å². The lowest BCUT2D eigenvalue weighted by Crippen LogP contribution is -2.47. The first-order valence-corrected chi connectivity index (χ1v) is 9.46. The topological polar surface area (TPSA) is 88.1 Å². The number of carbonyl (C=O) groups is 3. The Hall–Kier alpha value is -2.93. The molecule has 4 unspecified atom stereocenters. The van der Waals surface area contributed by atoms with Gasteiger partial charge in [-0.1, -0.05) is 36.9 Å². The van der Waals surface area contributed by atoms with E-state index in [2.05, 4.69) is 6.58 Å². The van der Waals surface area contributed by atoms with Crippen molar-refractivity contribution in [1.82, 2.24) is 0 Å². The number of esters is 3. The van der Waals surface area contributed by atoms with Crippen molar-refractivity contribution >= 4 is 17.9 Å². The number of carbonyl (C=O) groups excluding carboxylic acids is 3. The lowest BCUT2D eigenvalue weighted by molar-refractivity contribution is -0.150. The van der Waals surface area contributed by atoms with Gasteiger partial charge < -0.3 is 18.9 Å². The summed E-state index contributed by atoms with van der Waals surface area (Å²) in [6, 6.07) is 7.60. The molecule has 2 aliphatic heterocycles. The van der Waals surface area contributed by atoms with Crippen LogP contribution in [-0.2, 0) is 45.4 Å². The van der Waals surface area contributed by atoms with Crippen LogP contribution in [0.15, 0.2) is 48.1 Å². The highest BCUT2D eigenvalue weighted by molar-refractivity contribution is 6.05. The molecule has 2 heterocycles. The fourth-order valence-electron chi connectivity index (χ4n) is 5.06. The Labute approximate surface area is 168 Å². The molecule has 1 spiro atoms. The zero-order chi connectivity index (χ0) is 20.8. The summed E-state index contributed by atoms with van der Waals surface area (Å²) in [6.07, 6.45) is 1.88. The molecule has 7 nitrogen and oxygen atoms in total. The zero-order valence-corrected chi connectivity index (χ0v) is 16.3. The third-order valence-corrected chi connectivity index (χ3v) is 6.07. The predicted octanol–water partition coefficient (Wildman–Crippen LogP) is 1.84. The van der Waals surface area contributed by atoms with Gasteiger partial charge in [-0.05, 0) is 24.0 Å². The largest absolute Gasteiger partial charge is 0.466 e. The molecule has 4 atom stereocenters. The van der Waals surface area contributed by atoms with Crippen molar-refractivity contribution in [1.29, 1.82) is 0 Å². The first-order valence-electron chi connectivity index (χ1n) is 9.46. The van der Waals surface area contributed by atoms with Gasteiger partial charge >= 0.3 is 17.9 Å². The molecule has 0 amide bonds. The third kappa shape index (κ3) is 2.57. The van der Waals surface area contributed by atoms with Gasteiger partial charge in [-0.2, -0.15) is 0 Å². The minimum absolute atomic E-state index is 0.0351. The molecule has 3 aliphatic rings. The summed E-state index contributed by atoms with van der Waals surface area (Å²) in [7, 11) is 2.48. The molecule has 2 bridgehead atoms. The van der Waals surface area contributed by atoms with E-state index in [-0.39, 0.29) is 23.7 Å². The average Bonchev–Trinajstić information content (AvgIpc) is 3.27. The Bertz CT molecular complexity index is 931. The van der Waals surface area contributed by atoms with Crippen molar-refractivity contribution in [3.63, 3.8) is 0 Å². The number of hydrogen-bond acceptors (Lipinski definition) is 7. The lowest BCUT2D eigenvalue weighted by atomic mass is 9.60. The highest BCUT2D eigenvalue weighted by Crippen LogP contribution is 2.63. The second-order valence-electron chi connectivity index (χ2n) is 7.29. The van der Waals surface area contributed by atoms with Crippen molar-refractivity contribution in [2.75, 3.05) is 20.8 Å². The minimum atomic E-state index is -1.24. The van der Waals surface area contributed by atoms with Crippen molar-refractivity contribution in [3.8, 4) is 0 Å². The predicted molar refractivity (Wildman–Crippen MR) is 101 cm³/mol. The molecule has 1 aromatic rings. The van der Waals surface area contributed by atoms with E-state index in [1.165, 1.54) is 20.3 Å². The van der Waals surface area contributed by atoms with Crippen LogP contribution in [0.4, 0.5) is 0 Å². The second-order valence-corrected chi connectivity index (χ2v) is 7.29. The Kier molecular flexibility index (Phi) is 4.78. The quantitative estimate of drug-likeness (QED) is 0.425. The number of fused-ring (bicyclic) bond motifs is 2. The molecule has 1 fully saturated rings. The maximum Gasteiger partial charge on any atom is 0.337 e. The van der Waals surface area contributed by atoms with Crippen LogP contribution in [0.2, 0.25) is 0 Å². The molecule has 4 rings (SSSR count). The van der Waals surface area contributed by atoms with E-state index in [9.17, 15) is 14.4 Å². The number of benzene rings is 1. The fraction of sp³-hybridized carbons (Fsp3) is 0.409. The number of hydrogen-bond donors (Lipinski definition) is 0.